The molecule has 3 aromatic carbocycles. The van der Waals surface area contributed by atoms with Gasteiger partial charge in [0.15, 0.2) is 5.16 Å². The molecule has 0 radical (unpaired) electrons. The lowest BCUT2D eigenvalue weighted by atomic mass is 10.0. The van der Waals surface area contributed by atoms with Crippen molar-refractivity contribution in [2.24, 2.45) is 7.05 Å². The third-order valence-electron chi connectivity index (χ3n) is 5.33. The fourth-order valence-electron chi connectivity index (χ4n) is 3.74. The topological polar surface area (TPSA) is 106 Å². The average molecular weight is 459 g/mol. The number of hydrogen-bond donors (Lipinski definition) is 1. The quantitative estimate of drug-likeness (QED) is 0.343. The molecule has 1 atom stereocenters. The van der Waals surface area contributed by atoms with Gasteiger partial charge >= 0.3 is 0 Å². The van der Waals surface area contributed by atoms with Crippen LogP contribution in [0.5, 0.6) is 0 Å². The smallest absolute Gasteiger partial charge is 0.283 e. The molecule has 9 nitrogen and oxygen atoms in total. The van der Waals surface area contributed by atoms with Gasteiger partial charge in [0.05, 0.1) is 15.4 Å². The first-order valence-corrected chi connectivity index (χ1v) is 10.9. The molecule has 0 aliphatic carbocycles. The molecule has 0 fully saturated rings. The van der Waals surface area contributed by atoms with Crippen molar-refractivity contribution in [2.45, 2.75) is 16.2 Å². The van der Waals surface area contributed by atoms with Crippen molar-refractivity contribution in [3.05, 3.63) is 100 Å². The number of hydrogen-bond acceptors (Lipinski definition) is 7. The van der Waals surface area contributed by atoms with E-state index in [0.29, 0.717) is 32.6 Å². The summed E-state index contributed by atoms with van der Waals surface area (Å²) < 4.78 is 1.69. The van der Waals surface area contributed by atoms with Gasteiger partial charge in [-0.25, -0.2) is 0 Å². The number of nitrogens with one attached hydrogen (secondary N) is 1. The van der Waals surface area contributed by atoms with Gasteiger partial charge in [-0.2, -0.15) is 0 Å². The predicted molar refractivity (Wildman–Crippen MR) is 124 cm³/mol. The van der Waals surface area contributed by atoms with Crippen LogP contribution >= 0.6 is 11.8 Å². The zero-order valence-electron chi connectivity index (χ0n) is 17.5. The highest BCUT2D eigenvalue weighted by Gasteiger charge is 2.35. The molecule has 0 saturated heterocycles. The van der Waals surface area contributed by atoms with E-state index in [2.05, 4.69) is 15.5 Å². The Labute approximate surface area is 193 Å². The number of para-hydroxylation sites is 2. The van der Waals surface area contributed by atoms with Gasteiger partial charge < -0.3 is 9.88 Å². The Hall–Kier alpha value is -4.18. The first kappa shape index (κ1) is 20.7. The van der Waals surface area contributed by atoms with Crippen molar-refractivity contribution in [3.8, 4) is 0 Å². The summed E-state index contributed by atoms with van der Waals surface area (Å²) in [6, 6.07) is 21.5. The number of aromatic nitrogens is 3. The van der Waals surface area contributed by atoms with Crippen molar-refractivity contribution in [1.29, 1.82) is 0 Å². The Balaban J connectivity index is 1.60. The number of fused-ring (bicyclic) bond motifs is 1. The van der Waals surface area contributed by atoms with Gasteiger partial charge in [0.1, 0.15) is 12.5 Å². The largest absolute Gasteiger partial charge is 0.360 e. The molecule has 10 heteroatoms. The number of nitro benzene ring substituents is 1. The number of carbonyl (C=O) groups excluding carboxylic acids is 1. The third-order valence-corrected chi connectivity index (χ3v) is 6.44. The minimum Gasteiger partial charge on any atom is -0.360 e. The van der Waals surface area contributed by atoms with E-state index >= 15 is 0 Å². The van der Waals surface area contributed by atoms with E-state index in [4.69, 9.17) is 0 Å². The second-order valence-electron chi connectivity index (χ2n) is 7.41. The van der Waals surface area contributed by atoms with Crippen molar-refractivity contribution < 1.29 is 9.72 Å². The monoisotopic (exact) mass is 458 g/mol. The zero-order valence-corrected chi connectivity index (χ0v) is 18.3. The first-order chi connectivity index (χ1) is 16.0. The molecule has 0 unspecified atom stereocenters. The summed E-state index contributed by atoms with van der Waals surface area (Å²) in [7, 11) is 1.77. The van der Waals surface area contributed by atoms with Crippen LogP contribution in [0.1, 0.15) is 22.1 Å². The van der Waals surface area contributed by atoms with Gasteiger partial charge in [-0.05, 0) is 42.1 Å². The summed E-state index contributed by atoms with van der Waals surface area (Å²) in [5.74, 6) is -0.180. The summed E-state index contributed by atoms with van der Waals surface area (Å²) in [5.41, 5.74) is 2.44. The van der Waals surface area contributed by atoms with Crippen molar-refractivity contribution in [3.63, 3.8) is 0 Å². The second-order valence-corrected chi connectivity index (χ2v) is 8.42. The molecule has 1 aliphatic heterocycles. The van der Waals surface area contributed by atoms with Crippen LogP contribution in [0.2, 0.25) is 0 Å². The Morgan fingerprint density at radius 1 is 1.06 bits per heavy atom. The van der Waals surface area contributed by atoms with Crippen LogP contribution in [0.3, 0.4) is 0 Å². The third kappa shape index (κ3) is 3.80. The molecule has 5 rings (SSSR count). The van der Waals surface area contributed by atoms with E-state index in [1.807, 2.05) is 48.5 Å². The van der Waals surface area contributed by atoms with Crippen molar-refractivity contribution in [1.82, 2.24) is 14.8 Å². The van der Waals surface area contributed by atoms with Crippen LogP contribution in [0.4, 0.5) is 17.1 Å². The van der Waals surface area contributed by atoms with E-state index in [1.54, 1.807) is 34.7 Å². The molecule has 0 bridgehead atoms. The minimum absolute atomic E-state index is 0.0679. The highest BCUT2D eigenvalue weighted by atomic mass is 32.2. The van der Waals surface area contributed by atoms with E-state index in [9.17, 15) is 14.9 Å². The number of amides is 1. The molecule has 2 heterocycles. The fourth-order valence-corrected chi connectivity index (χ4v) is 4.59. The molecule has 1 amide bonds. The molecular weight excluding hydrogens is 440 g/mol. The normalized spacial score (nSPS) is 15.1. The molecule has 1 aliphatic rings. The van der Waals surface area contributed by atoms with Crippen LogP contribution in [0.25, 0.3) is 0 Å². The number of benzene rings is 3. The summed E-state index contributed by atoms with van der Waals surface area (Å²) in [5, 5.41) is 23.7. The number of aryl methyl sites for hydroxylation is 1. The van der Waals surface area contributed by atoms with Crippen molar-refractivity contribution in [2.75, 3.05) is 10.2 Å². The van der Waals surface area contributed by atoms with Gasteiger partial charge in [-0.15, -0.1) is 10.2 Å². The number of rotatable bonds is 5. The lowest BCUT2D eigenvalue weighted by Gasteiger charge is -2.38. The van der Waals surface area contributed by atoms with E-state index in [1.165, 1.54) is 12.4 Å². The van der Waals surface area contributed by atoms with Crippen LogP contribution in [-0.4, -0.2) is 25.6 Å². The lowest BCUT2D eigenvalue weighted by molar-refractivity contribution is -0.387. The lowest BCUT2D eigenvalue weighted by Crippen LogP contribution is -2.43. The summed E-state index contributed by atoms with van der Waals surface area (Å²) in [6.45, 7) is 0. The summed E-state index contributed by atoms with van der Waals surface area (Å²) in [6.07, 6.45) is 0.914. The number of carbonyl (C=O) groups is 1. The fraction of sp³-hybridized carbons (Fsp3) is 0.0870. The molecule has 0 spiro atoms. The van der Waals surface area contributed by atoms with Gasteiger partial charge in [-0.3, -0.25) is 19.8 Å². The summed E-state index contributed by atoms with van der Waals surface area (Å²) >= 11 is 1.16. The number of nitro groups is 1. The molecule has 0 saturated carbocycles. The Morgan fingerprint density at radius 3 is 2.55 bits per heavy atom. The Morgan fingerprint density at radius 2 is 1.82 bits per heavy atom. The number of nitrogens with zero attached hydrogens (tertiary/aromatic N) is 5. The maximum Gasteiger partial charge on any atom is 0.283 e. The highest BCUT2D eigenvalue weighted by Crippen LogP contribution is 2.40. The van der Waals surface area contributed by atoms with Gasteiger partial charge in [0.25, 0.3) is 11.6 Å². The Bertz CT molecular complexity index is 1360. The molecule has 1 N–H and O–H groups in total. The van der Waals surface area contributed by atoms with Crippen LogP contribution < -0.4 is 10.2 Å². The van der Waals surface area contributed by atoms with Gasteiger partial charge in [0, 0.05) is 30.1 Å². The van der Waals surface area contributed by atoms with Gasteiger partial charge in [-0.1, -0.05) is 36.4 Å². The molecule has 164 valence electrons. The van der Waals surface area contributed by atoms with Crippen LogP contribution in [-0.2, 0) is 7.05 Å². The summed E-state index contributed by atoms with van der Waals surface area (Å²) in [4.78, 5) is 27.0. The molecule has 4 aromatic rings. The SMILES string of the molecule is Cn1cnnc1Sc1ccc([C@H]2Nc3ccccc3C(=O)N2c2ccccc2)cc1[N+](=O)[O-]. The minimum atomic E-state index is -0.623. The van der Waals surface area contributed by atoms with Gasteiger partial charge in [0.2, 0.25) is 0 Å². The van der Waals surface area contributed by atoms with Crippen LogP contribution in [0.15, 0.2) is 89.2 Å². The Kier molecular flexibility index (Phi) is 5.27. The van der Waals surface area contributed by atoms with E-state index in [0.717, 1.165) is 11.8 Å². The molecule has 33 heavy (non-hydrogen) atoms. The highest BCUT2D eigenvalue weighted by molar-refractivity contribution is 7.99. The first-order valence-electron chi connectivity index (χ1n) is 10.1. The van der Waals surface area contributed by atoms with E-state index < -0.39 is 11.1 Å². The standard InChI is InChI=1S/C23H18N6O3S/c1-27-14-24-26-23(27)33-20-12-11-15(13-19(20)29(31)32)21-25-18-10-6-5-9-17(18)22(30)28(21)16-7-3-2-4-8-16/h2-14,21,25H,1H3/t21-/m0/s1. The predicted octanol–water partition coefficient (Wildman–Crippen LogP) is 4.65. The maximum absolute atomic E-state index is 13.5. The van der Waals surface area contributed by atoms with Crippen LogP contribution in [0, 0.1) is 10.1 Å². The molecular formula is C23H18N6O3S. The maximum atomic E-state index is 13.5. The average Bonchev–Trinajstić information content (AvgIpc) is 3.24. The number of anilines is 2. The zero-order chi connectivity index (χ0) is 22.9. The second kappa shape index (κ2) is 8.40. The molecule has 1 aromatic heterocycles. The van der Waals surface area contributed by atoms with E-state index in [-0.39, 0.29) is 11.6 Å². The van der Waals surface area contributed by atoms with Crippen molar-refractivity contribution >= 4 is 34.7 Å².